The van der Waals surface area contributed by atoms with Gasteiger partial charge in [0.25, 0.3) is 0 Å². The Hall–Kier alpha value is -3.06. The van der Waals surface area contributed by atoms with Crippen molar-refractivity contribution in [1.82, 2.24) is 0 Å². The van der Waals surface area contributed by atoms with Crippen molar-refractivity contribution in [1.29, 1.82) is 5.41 Å². The summed E-state index contributed by atoms with van der Waals surface area (Å²) in [7, 11) is 0. The molecule has 0 bridgehead atoms. The molecule has 0 aromatic heterocycles. The number of nitrogens with two attached hydrogens (primary N) is 1. The van der Waals surface area contributed by atoms with Gasteiger partial charge in [-0.1, -0.05) is 17.7 Å². The smallest absolute Gasteiger partial charge is 0.329 e. The van der Waals surface area contributed by atoms with Crippen LogP contribution in [-0.4, -0.2) is 36.0 Å². The molecule has 140 valence electrons. The number of carbonyl (C=O) groups is 2. The van der Waals surface area contributed by atoms with Crippen LogP contribution in [-0.2, 0) is 11.2 Å². The van der Waals surface area contributed by atoms with Crippen molar-refractivity contribution in [3.63, 3.8) is 0 Å². The maximum absolute atomic E-state index is 12.8. The second-order valence-corrected chi connectivity index (χ2v) is 6.63. The lowest BCUT2D eigenvalue weighted by molar-refractivity contribution is -0.136. The highest BCUT2D eigenvalue weighted by molar-refractivity contribution is 6.34. The summed E-state index contributed by atoms with van der Waals surface area (Å²) in [6, 6.07) is 12.0. The SMILES string of the molecule is N=C(N)c1ccc(N2CCN(c3ccc(CCC(=O)O)cc3Cl)C2=O)cc1. The van der Waals surface area contributed by atoms with Gasteiger partial charge >= 0.3 is 12.0 Å². The van der Waals surface area contributed by atoms with E-state index in [2.05, 4.69) is 0 Å². The van der Waals surface area contributed by atoms with Crippen molar-refractivity contribution in [2.24, 2.45) is 5.73 Å². The number of carbonyl (C=O) groups excluding carboxylic acids is 1. The maximum Gasteiger partial charge on any atom is 0.329 e. The van der Waals surface area contributed by atoms with Crippen LogP contribution >= 0.6 is 11.6 Å². The monoisotopic (exact) mass is 386 g/mol. The molecule has 0 unspecified atom stereocenters. The van der Waals surface area contributed by atoms with Crippen LogP contribution in [0.2, 0.25) is 5.02 Å². The van der Waals surface area contributed by atoms with Gasteiger partial charge in [0.1, 0.15) is 5.84 Å². The van der Waals surface area contributed by atoms with Gasteiger partial charge in [-0.15, -0.1) is 0 Å². The van der Waals surface area contributed by atoms with Gasteiger partial charge < -0.3 is 10.8 Å². The number of amidine groups is 1. The van der Waals surface area contributed by atoms with E-state index >= 15 is 0 Å². The Morgan fingerprint density at radius 3 is 2.41 bits per heavy atom. The maximum atomic E-state index is 12.8. The lowest BCUT2D eigenvalue weighted by Crippen LogP contribution is -2.31. The average Bonchev–Trinajstić information content (AvgIpc) is 3.01. The molecule has 1 fully saturated rings. The Balaban J connectivity index is 1.76. The molecule has 3 rings (SSSR count). The van der Waals surface area contributed by atoms with E-state index in [0.717, 1.165) is 11.3 Å². The van der Waals surface area contributed by atoms with E-state index in [1.165, 1.54) is 0 Å². The number of benzene rings is 2. The zero-order valence-corrected chi connectivity index (χ0v) is 15.2. The number of hydrogen-bond acceptors (Lipinski definition) is 3. The molecule has 8 heteroatoms. The van der Waals surface area contributed by atoms with E-state index in [1.54, 1.807) is 52.3 Å². The zero-order chi connectivity index (χ0) is 19.6. The van der Waals surface area contributed by atoms with Gasteiger partial charge in [0, 0.05) is 30.8 Å². The summed E-state index contributed by atoms with van der Waals surface area (Å²) in [6.45, 7) is 0.997. The number of carboxylic acids is 1. The molecule has 2 aromatic carbocycles. The Kier molecular flexibility index (Phi) is 5.32. The molecular weight excluding hydrogens is 368 g/mol. The molecular formula is C19H19ClN4O3. The number of hydrogen-bond donors (Lipinski definition) is 3. The molecule has 0 radical (unpaired) electrons. The van der Waals surface area contributed by atoms with Gasteiger partial charge in [-0.05, 0) is 48.4 Å². The second-order valence-electron chi connectivity index (χ2n) is 6.23. The zero-order valence-electron chi connectivity index (χ0n) is 14.5. The second kappa shape index (κ2) is 7.67. The third kappa shape index (κ3) is 4.03. The summed E-state index contributed by atoms with van der Waals surface area (Å²) in [4.78, 5) is 26.8. The molecule has 2 aromatic rings. The molecule has 2 amide bonds. The highest BCUT2D eigenvalue weighted by atomic mass is 35.5. The first-order valence-corrected chi connectivity index (χ1v) is 8.78. The lowest BCUT2D eigenvalue weighted by atomic mass is 10.1. The first kappa shape index (κ1) is 18.7. The van der Waals surface area contributed by atoms with Crippen LogP contribution in [0.3, 0.4) is 0 Å². The molecule has 7 nitrogen and oxygen atoms in total. The Labute approximate surface area is 161 Å². The van der Waals surface area contributed by atoms with E-state index in [0.29, 0.717) is 35.8 Å². The fraction of sp³-hybridized carbons (Fsp3) is 0.211. The highest BCUT2D eigenvalue weighted by Gasteiger charge is 2.31. The van der Waals surface area contributed by atoms with Crippen molar-refractivity contribution < 1.29 is 14.7 Å². The van der Waals surface area contributed by atoms with Crippen molar-refractivity contribution >= 4 is 40.8 Å². The van der Waals surface area contributed by atoms with Crippen molar-refractivity contribution in [3.05, 3.63) is 58.6 Å². The van der Waals surface area contributed by atoms with Crippen LogP contribution in [0.5, 0.6) is 0 Å². The molecule has 0 atom stereocenters. The predicted molar refractivity (Wildman–Crippen MR) is 105 cm³/mol. The Morgan fingerprint density at radius 1 is 1.15 bits per heavy atom. The highest BCUT2D eigenvalue weighted by Crippen LogP contribution is 2.31. The molecule has 0 aliphatic carbocycles. The molecule has 27 heavy (non-hydrogen) atoms. The molecule has 1 aliphatic rings. The van der Waals surface area contributed by atoms with Gasteiger partial charge in [0.15, 0.2) is 0 Å². The lowest BCUT2D eigenvalue weighted by Gasteiger charge is -2.20. The number of nitrogens with one attached hydrogen (secondary N) is 1. The predicted octanol–water partition coefficient (Wildman–Crippen LogP) is 3.09. The van der Waals surface area contributed by atoms with Crippen molar-refractivity contribution in [2.75, 3.05) is 22.9 Å². The van der Waals surface area contributed by atoms with Gasteiger partial charge in [0.05, 0.1) is 10.7 Å². The molecule has 1 aliphatic heterocycles. The first-order chi connectivity index (χ1) is 12.9. The molecule has 1 saturated heterocycles. The Morgan fingerprint density at radius 2 is 1.81 bits per heavy atom. The van der Waals surface area contributed by atoms with Crippen molar-refractivity contribution in [3.8, 4) is 0 Å². The number of carboxylic acid groups (broad SMARTS) is 1. The van der Waals surface area contributed by atoms with Crippen LogP contribution in [0, 0.1) is 5.41 Å². The number of nitrogens with zero attached hydrogens (tertiary/aromatic N) is 2. The quantitative estimate of drug-likeness (QED) is 0.523. The van der Waals surface area contributed by atoms with E-state index < -0.39 is 5.97 Å². The van der Waals surface area contributed by atoms with Gasteiger partial charge in [0.2, 0.25) is 0 Å². The minimum Gasteiger partial charge on any atom is -0.481 e. The van der Waals surface area contributed by atoms with Crippen LogP contribution in [0.1, 0.15) is 17.5 Å². The molecule has 4 N–H and O–H groups in total. The van der Waals surface area contributed by atoms with Crippen LogP contribution in [0.15, 0.2) is 42.5 Å². The fourth-order valence-electron chi connectivity index (χ4n) is 3.00. The van der Waals surface area contributed by atoms with Gasteiger partial charge in [-0.2, -0.15) is 0 Å². The molecule has 1 heterocycles. The van der Waals surface area contributed by atoms with E-state index in [-0.39, 0.29) is 18.3 Å². The largest absolute Gasteiger partial charge is 0.481 e. The number of halogens is 1. The number of rotatable bonds is 6. The average molecular weight is 387 g/mol. The van der Waals surface area contributed by atoms with E-state index in [4.69, 9.17) is 27.9 Å². The number of nitrogen functional groups attached to an aromatic ring is 1. The number of urea groups is 1. The molecule has 0 spiro atoms. The summed E-state index contributed by atoms with van der Waals surface area (Å²) in [5, 5.41) is 16.6. The van der Waals surface area contributed by atoms with Gasteiger partial charge in [-0.3, -0.25) is 20.0 Å². The normalized spacial score (nSPS) is 13.9. The third-order valence-corrected chi connectivity index (χ3v) is 4.73. The number of aryl methyl sites for hydroxylation is 1. The fourth-order valence-corrected chi connectivity index (χ4v) is 3.30. The summed E-state index contributed by atoms with van der Waals surface area (Å²) in [5.41, 5.74) is 8.19. The van der Waals surface area contributed by atoms with Crippen LogP contribution in [0.4, 0.5) is 16.2 Å². The molecule has 0 saturated carbocycles. The van der Waals surface area contributed by atoms with Gasteiger partial charge in [-0.25, -0.2) is 4.79 Å². The van der Waals surface area contributed by atoms with E-state index in [1.807, 2.05) is 0 Å². The minimum atomic E-state index is -0.864. The van der Waals surface area contributed by atoms with Crippen LogP contribution < -0.4 is 15.5 Å². The standard InChI is InChI=1S/C19H19ClN4O3/c20-15-11-12(2-8-17(25)26)1-7-16(15)24-10-9-23(19(24)27)14-5-3-13(4-6-14)18(21)22/h1,3-7,11H,2,8-10H2,(H3,21,22)(H,25,26). The van der Waals surface area contributed by atoms with E-state index in [9.17, 15) is 9.59 Å². The summed E-state index contributed by atoms with van der Waals surface area (Å²) in [5.74, 6) is -0.887. The number of aliphatic carboxylic acids is 1. The summed E-state index contributed by atoms with van der Waals surface area (Å²) in [6.07, 6.45) is 0.417. The summed E-state index contributed by atoms with van der Waals surface area (Å²) >= 11 is 6.34. The topological polar surface area (TPSA) is 111 Å². The minimum absolute atomic E-state index is 0.0225. The number of amides is 2. The summed E-state index contributed by atoms with van der Waals surface area (Å²) < 4.78 is 0. The Bertz CT molecular complexity index is 898. The third-order valence-electron chi connectivity index (χ3n) is 4.43. The van der Waals surface area contributed by atoms with Crippen LogP contribution in [0.25, 0.3) is 0 Å². The van der Waals surface area contributed by atoms with Crippen molar-refractivity contribution in [2.45, 2.75) is 12.8 Å². The first-order valence-electron chi connectivity index (χ1n) is 8.40. The number of anilines is 2.